The standard InChI is InChI=1S/C8H15NO2/c1-4-9-7(3)6-8(10)11-5-2/h4-6H2,1-3H3. The largest absolute Gasteiger partial charge is 0.466 e. The first kappa shape index (κ1) is 10.1. The van der Waals surface area contributed by atoms with Crippen molar-refractivity contribution in [2.45, 2.75) is 27.2 Å². The van der Waals surface area contributed by atoms with E-state index in [1.54, 1.807) is 6.92 Å². The van der Waals surface area contributed by atoms with Crippen molar-refractivity contribution in [2.75, 3.05) is 13.2 Å². The second-order valence-corrected chi connectivity index (χ2v) is 2.19. The Balaban J connectivity index is 3.66. The Hall–Kier alpha value is -0.860. The molecule has 0 heterocycles. The van der Waals surface area contributed by atoms with Crippen LogP contribution in [0.3, 0.4) is 0 Å². The molecule has 3 nitrogen and oxygen atoms in total. The molecule has 0 aromatic heterocycles. The molecule has 0 rings (SSSR count). The Morgan fingerprint density at radius 1 is 1.45 bits per heavy atom. The summed E-state index contributed by atoms with van der Waals surface area (Å²) in [5.74, 6) is -0.192. The molecule has 0 aliphatic carbocycles. The molecule has 0 aromatic rings. The van der Waals surface area contributed by atoms with Crippen molar-refractivity contribution in [3.05, 3.63) is 0 Å². The van der Waals surface area contributed by atoms with E-state index in [4.69, 9.17) is 4.74 Å². The maximum Gasteiger partial charge on any atom is 0.311 e. The summed E-state index contributed by atoms with van der Waals surface area (Å²) in [5.41, 5.74) is 0.839. The minimum atomic E-state index is -0.192. The highest BCUT2D eigenvalue weighted by Crippen LogP contribution is 1.90. The lowest BCUT2D eigenvalue weighted by atomic mass is 10.3. The molecule has 0 amide bonds. The molecular weight excluding hydrogens is 142 g/mol. The van der Waals surface area contributed by atoms with Gasteiger partial charge in [0.25, 0.3) is 0 Å². The topological polar surface area (TPSA) is 38.7 Å². The molecular formula is C8H15NO2. The van der Waals surface area contributed by atoms with Crippen molar-refractivity contribution in [2.24, 2.45) is 4.99 Å². The third-order valence-corrected chi connectivity index (χ3v) is 1.13. The highest BCUT2D eigenvalue weighted by Gasteiger charge is 2.02. The molecule has 0 aromatic carbocycles. The number of aliphatic imine (C=N–C) groups is 1. The molecule has 0 atom stereocenters. The van der Waals surface area contributed by atoms with Crippen LogP contribution in [0.5, 0.6) is 0 Å². The first-order valence-electron chi connectivity index (χ1n) is 3.86. The summed E-state index contributed by atoms with van der Waals surface area (Å²) in [4.78, 5) is 14.9. The molecule has 3 heteroatoms. The molecule has 0 saturated heterocycles. The highest BCUT2D eigenvalue weighted by atomic mass is 16.5. The summed E-state index contributed by atoms with van der Waals surface area (Å²) >= 11 is 0. The van der Waals surface area contributed by atoms with E-state index in [1.165, 1.54) is 0 Å². The van der Waals surface area contributed by atoms with Gasteiger partial charge in [0.15, 0.2) is 0 Å². The van der Waals surface area contributed by atoms with Gasteiger partial charge in [0.1, 0.15) is 0 Å². The van der Waals surface area contributed by atoms with E-state index in [2.05, 4.69) is 4.99 Å². The van der Waals surface area contributed by atoms with Crippen molar-refractivity contribution in [1.82, 2.24) is 0 Å². The Labute approximate surface area is 67.5 Å². The first-order chi connectivity index (χ1) is 5.20. The van der Waals surface area contributed by atoms with Gasteiger partial charge in [0, 0.05) is 12.3 Å². The fraction of sp³-hybridized carbons (Fsp3) is 0.750. The maximum atomic E-state index is 10.8. The van der Waals surface area contributed by atoms with E-state index in [-0.39, 0.29) is 5.97 Å². The van der Waals surface area contributed by atoms with E-state index in [1.807, 2.05) is 13.8 Å². The van der Waals surface area contributed by atoms with E-state index in [0.717, 1.165) is 12.3 Å². The molecule has 0 spiro atoms. The lowest BCUT2D eigenvalue weighted by Crippen LogP contribution is -2.08. The zero-order valence-electron chi connectivity index (χ0n) is 7.39. The second kappa shape index (κ2) is 5.89. The molecule has 0 radical (unpaired) electrons. The molecule has 64 valence electrons. The van der Waals surface area contributed by atoms with Crippen molar-refractivity contribution in [1.29, 1.82) is 0 Å². The lowest BCUT2D eigenvalue weighted by Gasteiger charge is -1.99. The number of ether oxygens (including phenoxy) is 1. The second-order valence-electron chi connectivity index (χ2n) is 2.19. The van der Waals surface area contributed by atoms with Gasteiger partial charge in [0.05, 0.1) is 13.0 Å². The molecule has 0 aliphatic rings. The molecule has 0 saturated carbocycles. The zero-order valence-corrected chi connectivity index (χ0v) is 7.39. The number of carbonyl (C=O) groups excluding carboxylic acids is 1. The average molecular weight is 157 g/mol. The third-order valence-electron chi connectivity index (χ3n) is 1.13. The van der Waals surface area contributed by atoms with Crippen LogP contribution >= 0.6 is 0 Å². The van der Waals surface area contributed by atoms with Crippen LogP contribution in [-0.4, -0.2) is 24.8 Å². The third kappa shape index (κ3) is 5.58. The summed E-state index contributed by atoms with van der Waals surface area (Å²) < 4.78 is 4.74. The predicted octanol–water partition coefficient (Wildman–Crippen LogP) is 1.42. The number of nitrogens with zero attached hydrogens (tertiary/aromatic N) is 1. The van der Waals surface area contributed by atoms with Gasteiger partial charge < -0.3 is 4.74 Å². The van der Waals surface area contributed by atoms with Crippen LogP contribution in [0.4, 0.5) is 0 Å². The van der Waals surface area contributed by atoms with E-state index in [9.17, 15) is 4.79 Å². The molecule has 0 bridgehead atoms. The maximum absolute atomic E-state index is 10.8. The van der Waals surface area contributed by atoms with Gasteiger partial charge in [0.2, 0.25) is 0 Å². The number of hydrogen-bond acceptors (Lipinski definition) is 3. The smallest absolute Gasteiger partial charge is 0.311 e. The molecule has 0 aliphatic heterocycles. The summed E-state index contributed by atoms with van der Waals surface area (Å²) in [7, 11) is 0. The van der Waals surface area contributed by atoms with Crippen molar-refractivity contribution in [3.8, 4) is 0 Å². The van der Waals surface area contributed by atoms with E-state index < -0.39 is 0 Å². The molecule has 11 heavy (non-hydrogen) atoms. The summed E-state index contributed by atoms with van der Waals surface area (Å²) in [6.45, 7) is 6.74. The Morgan fingerprint density at radius 2 is 2.09 bits per heavy atom. The summed E-state index contributed by atoms with van der Waals surface area (Å²) in [6, 6.07) is 0. The van der Waals surface area contributed by atoms with Crippen LogP contribution in [0.2, 0.25) is 0 Å². The molecule has 0 unspecified atom stereocenters. The number of esters is 1. The SMILES string of the molecule is CCN=C(C)CC(=O)OCC. The van der Waals surface area contributed by atoms with Crippen LogP contribution in [-0.2, 0) is 9.53 Å². The van der Waals surface area contributed by atoms with Crippen LogP contribution in [0.1, 0.15) is 27.2 Å². The quantitative estimate of drug-likeness (QED) is 0.457. The van der Waals surface area contributed by atoms with Gasteiger partial charge in [-0.25, -0.2) is 0 Å². The number of carbonyl (C=O) groups is 1. The minimum absolute atomic E-state index is 0.192. The van der Waals surface area contributed by atoms with E-state index >= 15 is 0 Å². The highest BCUT2D eigenvalue weighted by molar-refractivity contribution is 5.97. The average Bonchev–Trinajstić information content (AvgIpc) is 1.87. The fourth-order valence-corrected chi connectivity index (χ4v) is 0.747. The van der Waals surface area contributed by atoms with Crippen molar-refractivity contribution >= 4 is 11.7 Å². The van der Waals surface area contributed by atoms with Crippen LogP contribution in [0, 0.1) is 0 Å². The van der Waals surface area contributed by atoms with Gasteiger partial charge in [-0.2, -0.15) is 0 Å². The number of rotatable bonds is 4. The number of hydrogen-bond donors (Lipinski definition) is 0. The van der Waals surface area contributed by atoms with Crippen LogP contribution in [0.25, 0.3) is 0 Å². The lowest BCUT2D eigenvalue weighted by molar-refractivity contribution is -0.141. The van der Waals surface area contributed by atoms with Crippen LogP contribution < -0.4 is 0 Å². The summed E-state index contributed by atoms with van der Waals surface area (Å²) in [6.07, 6.45) is 0.321. The molecule has 0 N–H and O–H groups in total. The predicted molar refractivity (Wildman–Crippen MR) is 44.9 cm³/mol. The van der Waals surface area contributed by atoms with Crippen molar-refractivity contribution in [3.63, 3.8) is 0 Å². The fourth-order valence-electron chi connectivity index (χ4n) is 0.747. The Morgan fingerprint density at radius 3 is 2.55 bits per heavy atom. The van der Waals surface area contributed by atoms with E-state index in [0.29, 0.717) is 13.0 Å². The minimum Gasteiger partial charge on any atom is -0.466 e. The Kier molecular flexibility index (Phi) is 5.43. The van der Waals surface area contributed by atoms with Crippen molar-refractivity contribution < 1.29 is 9.53 Å². The summed E-state index contributed by atoms with van der Waals surface area (Å²) in [5, 5.41) is 0. The van der Waals surface area contributed by atoms with Gasteiger partial charge in [-0.3, -0.25) is 9.79 Å². The van der Waals surface area contributed by atoms with Gasteiger partial charge in [-0.05, 0) is 20.8 Å². The Bertz CT molecular complexity index is 152. The monoisotopic (exact) mass is 157 g/mol. The normalized spacial score (nSPS) is 11.4. The van der Waals surface area contributed by atoms with Crippen LogP contribution in [0.15, 0.2) is 4.99 Å². The van der Waals surface area contributed by atoms with Gasteiger partial charge in [-0.15, -0.1) is 0 Å². The van der Waals surface area contributed by atoms with Gasteiger partial charge in [-0.1, -0.05) is 0 Å². The van der Waals surface area contributed by atoms with Gasteiger partial charge >= 0.3 is 5.97 Å². The molecule has 0 fully saturated rings. The first-order valence-corrected chi connectivity index (χ1v) is 3.86. The zero-order chi connectivity index (χ0) is 8.69.